The highest BCUT2D eigenvalue weighted by Gasteiger charge is 2.19. The standard InChI is InChI=1S/C15H16BrClN4/c1-10(8-20-6-5-18-9-20)21-14-7-12(16)3-4-13(14)19-15(21)11(2)17/h3-7,9-11H,8H2,1-2H3. The summed E-state index contributed by atoms with van der Waals surface area (Å²) in [6, 6.07) is 6.34. The van der Waals surface area contributed by atoms with Crippen LogP contribution in [0.25, 0.3) is 11.0 Å². The smallest absolute Gasteiger partial charge is 0.128 e. The third-order valence-corrected chi connectivity index (χ3v) is 4.20. The maximum absolute atomic E-state index is 6.33. The maximum atomic E-state index is 6.33. The monoisotopic (exact) mass is 366 g/mol. The van der Waals surface area contributed by atoms with Gasteiger partial charge < -0.3 is 9.13 Å². The van der Waals surface area contributed by atoms with E-state index < -0.39 is 0 Å². The second-order valence-corrected chi connectivity index (χ2v) is 6.77. The number of fused-ring (bicyclic) bond motifs is 1. The van der Waals surface area contributed by atoms with E-state index in [0.717, 1.165) is 27.9 Å². The van der Waals surface area contributed by atoms with Gasteiger partial charge in [0.25, 0.3) is 0 Å². The van der Waals surface area contributed by atoms with Crippen molar-refractivity contribution in [3.05, 3.63) is 47.2 Å². The minimum absolute atomic E-state index is 0.138. The average Bonchev–Trinajstić information content (AvgIpc) is 3.04. The summed E-state index contributed by atoms with van der Waals surface area (Å²) in [4.78, 5) is 8.78. The molecular weight excluding hydrogens is 352 g/mol. The van der Waals surface area contributed by atoms with Crippen LogP contribution < -0.4 is 0 Å². The molecule has 3 aromatic rings. The van der Waals surface area contributed by atoms with Gasteiger partial charge >= 0.3 is 0 Å². The lowest BCUT2D eigenvalue weighted by Crippen LogP contribution is -2.15. The van der Waals surface area contributed by atoms with Gasteiger partial charge in [-0.05, 0) is 32.0 Å². The highest BCUT2D eigenvalue weighted by atomic mass is 79.9. The van der Waals surface area contributed by atoms with Gasteiger partial charge in [0.15, 0.2) is 0 Å². The predicted octanol–water partition coefficient (Wildman–Crippen LogP) is 4.56. The Morgan fingerprint density at radius 1 is 1.33 bits per heavy atom. The molecule has 2 aromatic heterocycles. The lowest BCUT2D eigenvalue weighted by Gasteiger charge is -2.19. The van der Waals surface area contributed by atoms with E-state index in [2.05, 4.69) is 48.0 Å². The van der Waals surface area contributed by atoms with Gasteiger partial charge in [0.2, 0.25) is 0 Å². The number of aromatic nitrogens is 4. The largest absolute Gasteiger partial charge is 0.335 e. The van der Waals surface area contributed by atoms with Gasteiger partial charge in [0.05, 0.1) is 28.8 Å². The summed E-state index contributed by atoms with van der Waals surface area (Å²) in [6.07, 6.45) is 5.59. The van der Waals surface area contributed by atoms with Crippen LogP contribution in [0.5, 0.6) is 0 Å². The molecule has 2 atom stereocenters. The first-order valence-electron chi connectivity index (χ1n) is 6.83. The zero-order valence-electron chi connectivity index (χ0n) is 11.9. The van der Waals surface area contributed by atoms with E-state index in [0.29, 0.717) is 0 Å². The van der Waals surface area contributed by atoms with E-state index >= 15 is 0 Å². The topological polar surface area (TPSA) is 35.6 Å². The fourth-order valence-corrected chi connectivity index (χ4v) is 3.11. The molecule has 0 aliphatic heterocycles. The fraction of sp³-hybridized carbons (Fsp3) is 0.333. The summed E-state index contributed by atoms with van der Waals surface area (Å²) in [5, 5.41) is -0.138. The van der Waals surface area contributed by atoms with E-state index in [1.165, 1.54) is 0 Å². The number of halogens is 2. The van der Waals surface area contributed by atoms with Crippen molar-refractivity contribution in [1.29, 1.82) is 0 Å². The van der Waals surface area contributed by atoms with Crippen molar-refractivity contribution in [2.75, 3.05) is 0 Å². The van der Waals surface area contributed by atoms with Crippen molar-refractivity contribution in [2.45, 2.75) is 31.8 Å². The summed E-state index contributed by atoms with van der Waals surface area (Å²) in [5.74, 6) is 0.900. The lowest BCUT2D eigenvalue weighted by atomic mass is 10.2. The van der Waals surface area contributed by atoms with Crippen LogP contribution >= 0.6 is 27.5 Å². The summed E-state index contributed by atoms with van der Waals surface area (Å²) in [7, 11) is 0. The molecule has 2 unspecified atom stereocenters. The van der Waals surface area contributed by atoms with Crippen LogP contribution in [0.2, 0.25) is 0 Å². The molecule has 2 heterocycles. The Kier molecular flexibility index (Phi) is 4.04. The second kappa shape index (κ2) is 5.81. The van der Waals surface area contributed by atoms with Crippen LogP contribution in [-0.4, -0.2) is 19.1 Å². The summed E-state index contributed by atoms with van der Waals surface area (Å²) in [5.41, 5.74) is 2.07. The first-order chi connectivity index (χ1) is 10.1. The minimum atomic E-state index is -0.138. The fourth-order valence-electron chi connectivity index (χ4n) is 2.61. The zero-order chi connectivity index (χ0) is 15.0. The molecule has 6 heteroatoms. The molecule has 0 saturated heterocycles. The van der Waals surface area contributed by atoms with Crippen LogP contribution in [0.3, 0.4) is 0 Å². The Morgan fingerprint density at radius 2 is 2.14 bits per heavy atom. The molecule has 4 nitrogen and oxygen atoms in total. The van der Waals surface area contributed by atoms with Crippen molar-refractivity contribution in [3.8, 4) is 0 Å². The van der Waals surface area contributed by atoms with E-state index in [1.807, 2.05) is 31.6 Å². The zero-order valence-corrected chi connectivity index (χ0v) is 14.2. The summed E-state index contributed by atoms with van der Waals surface area (Å²) >= 11 is 9.86. The molecule has 0 bridgehead atoms. The van der Waals surface area contributed by atoms with Gasteiger partial charge in [-0.15, -0.1) is 11.6 Å². The number of nitrogens with zero attached hydrogens (tertiary/aromatic N) is 4. The highest BCUT2D eigenvalue weighted by molar-refractivity contribution is 9.10. The number of hydrogen-bond donors (Lipinski definition) is 0. The highest BCUT2D eigenvalue weighted by Crippen LogP contribution is 2.30. The van der Waals surface area contributed by atoms with Crippen LogP contribution in [0, 0.1) is 0 Å². The quantitative estimate of drug-likeness (QED) is 0.634. The Labute approximate surface area is 136 Å². The number of rotatable bonds is 4. The molecule has 3 rings (SSSR count). The normalized spacial score (nSPS) is 14.5. The van der Waals surface area contributed by atoms with Crippen LogP contribution in [0.1, 0.15) is 31.1 Å². The van der Waals surface area contributed by atoms with Gasteiger partial charge in [-0.25, -0.2) is 9.97 Å². The Balaban J connectivity index is 2.09. The second-order valence-electron chi connectivity index (χ2n) is 5.20. The van der Waals surface area contributed by atoms with E-state index in [-0.39, 0.29) is 11.4 Å². The van der Waals surface area contributed by atoms with Gasteiger partial charge in [-0.1, -0.05) is 15.9 Å². The molecule has 0 amide bonds. The average molecular weight is 368 g/mol. The Bertz CT molecular complexity index is 748. The SMILES string of the molecule is CC(Cl)c1nc2ccc(Br)cc2n1C(C)Cn1ccnc1. The maximum Gasteiger partial charge on any atom is 0.128 e. The Morgan fingerprint density at radius 3 is 2.81 bits per heavy atom. The number of alkyl halides is 1. The number of imidazole rings is 2. The number of hydrogen-bond acceptors (Lipinski definition) is 2. The first-order valence-corrected chi connectivity index (χ1v) is 8.06. The number of benzene rings is 1. The minimum Gasteiger partial charge on any atom is -0.335 e. The molecule has 110 valence electrons. The van der Waals surface area contributed by atoms with E-state index in [1.54, 1.807) is 6.20 Å². The van der Waals surface area contributed by atoms with Gasteiger partial charge in [0, 0.05) is 23.4 Å². The molecule has 0 fully saturated rings. The predicted molar refractivity (Wildman–Crippen MR) is 88.6 cm³/mol. The van der Waals surface area contributed by atoms with Crippen LogP contribution in [0.15, 0.2) is 41.4 Å². The van der Waals surface area contributed by atoms with Gasteiger partial charge in [-0.2, -0.15) is 0 Å². The molecule has 0 radical (unpaired) electrons. The lowest BCUT2D eigenvalue weighted by molar-refractivity contribution is 0.460. The van der Waals surface area contributed by atoms with E-state index in [4.69, 9.17) is 11.6 Å². The van der Waals surface area contributed by atoms with Crippen molar-refractivity contribution >= 4 is 38.6 Å². The van der Waals surface area contributed by atoms with Crippen LogP contribution in [0.4, 0.5) is 0 Å². The van der Waals surface area contributed by atoms with E-state index in [9.17, 15) is 0 Å². The molecule has 21 heavy (non-hydrogen) atoms. The summed E-state index contributed by atoms with van der Waals surface area (Å²) in [6.45, 7) is 4.96. The Hall–Kier alpha value is -1.33. The molecule has 0 saturated carbocycles. The van der Waals surface area contributed by atoms with Crippen LogP contribution in [-0.2, 0) is 6.54 Å². The molecule has 0 spiro atoms. The molecular formula is C15H16BrClN4. The van der Waals surface area contributed by atoms with Crippen molar-refractivity contribution in [1.82, 2.24) is 19.1 Å². The van der Waals surface area contributed by atoms with Gasteiger partial charge in [-0.3, -0.25) is 0 Å². The van der Waals surface area contributed by atoms with Gasteiger partial charge in [0.1, 0.15) is 5.82 Å². The third kappa shape index (κ3) is 2.85. The molecule has 0 N–H and O–H groups in total. The third-order valence-electron chi connectivity index (χ3n) is 3.51. The van der Waals surface area contributed by atoms with Crippen molar-refractivity contribution < 1.29 is 0 Å². The molecule has 1 aromatic carbocycles. The first kappa shape index (κ1) is 14.6. The van der Waals surface area contributed by atoms with Crippen molar-refractivity contribution in [3.63, 3.8) is 0 Å². The van der Waals surface area contributed by atoms with Crippen molar-refractivity contribution in [2.24, 2.45) is 0 Å². The molecule has 0 aliphatic carbocycles. The summed E-state index contributed by atoms with van der Waals surface area (Å²) < 4.78 is 5.33. The molecule has 0 aliphatic rings.